The number of carbonyl (C=O) groups excluding carboxylic acids is 1. The van der Waals surface area contributed by atoms with Crippen LogP contribution in [0.3, 0.4) is 0 Å². The van der Waals surface area contributed by atoms with Crippen molar-refractivity contribution < 1.29 is 9.32 Å². The van der Waals surface area contributed by atoms with Crippen LogP contribution < -0.4 is 0 Å². The van der Waals surface area contributed by atoms with Crippen LogP contribution in [0.5, 0.6) is 0 Å². The topological polar surface area (TPSA) is 90.7 Å². The Morgan fingerprint density at radius 2 is 2.00 bits per heavy atom. The molecule has 0 amide bonds. The summed E-state index contributed by atoms with van der Waals surface area (Å²) in [5, 5.41) is 24.0. The van der Waals surface area contributed by atoms with Crippen LogP contribution in [0.15, 0.2) is 34.2 Å². The van der Waals surface area contributed by atoms with Crippen LogP contribution in [-0.2, 0) is 0 Å². The number of thiophene rings is 1. The lowest BCUT2D eigenvalue weighted by atomic mass is 10.0. The lowest BCUT2D eigenvalue weighted by Crippen LogP contribution is -1.97. The van der Waals surface area contributed by atoms with Crippen molar-refractivity contribution in [2.45, 2.75) is 0 Å². The quantitative estimate of drug-likeness (QED) is 0.673. The van der Waals surface area contributed by atoms with E-state index in [1.165, 1.54) is 23.5 Å². The summed E-state index contributed by atoms with van der Waals surface area (Å²) in [7, 11) is 0. The smallest absolute Gasteiger partial charge is 0.241 e. The van der Waals surface area contributed by atoms with Gasteiger partial charge in [-0.3, -0.25) is 4.79 Å². The molecule has 0 aliphatic heterocycles. The van der Waals surface area contributed by atoms with Crippen LogP contribution in [0.4, 0.5) is 0 Å². The van der Waals surface area contributed by atoms with Crippen LogP contribution in [0, 0.1) is 22.7 Å². The molecule has 0 unspecified atom stereocenters. The Bertz CT molecular complexity index is 895. The van der Waals surface area contributed by atoms with Crippen molar-refractivity contribution in [1.29, 1.82) is 10.5 Å². The molecule has 0 bridgehead atoms. The van der Waals surface area contributed by atoms with Gasteiger partial charge in [-0.05, 0) is 23.6 Å². The summed E-state index contributed by atoms with van der Waals surface area (Å²) >= 11 is 1.30. The standard InChI is InChI=1S/C14H5N3O2S/c15-6-8-4-10-11(5-9(8)7-16)17-19-14(10)13(18)12-2-1-3-20-12/h1-5H. The van der Waals surface area contributed by atoms with Crippen LogP contribution in [0.1, 0.15) is 26.6 Å². The maximum absolute atomic E-state index is 12.3. The van der Waals surface area contributed by atoms with E-state index in [-0.39, 0.29) is 22.7 Å². The van der Waals surface area contributed by atoms with E-state index in [4.69, 9.17) is 15.0 Å². The molecule has 6 heteroatoms. The fourth-order valence-corrected chi connectivity index (χ4v) is 2.52. The average molecular weight is 279 g/mol. The molecule has 0 radical (unpaired) electrons. The number of benzene rings is 1. The summed E-state index contributed by atoms with van der Waals surface area (Å²) in [4.78, 5) is 12.8. The van der Waals surface area contributed by atoms with Gasteiger partial charge in [0.15, 0.2) is 0 Å². The van der Waals surface area contributed by atoms with Crippen LogP contribution in [0.2, 0.25) is 0 Å². The van der Waals surface area contributed by atoms with Gasteiger partial charge in [0.25, 0.3) is 0 Å². The lowest BCUT2D eigenvalue weighted by Gasteiger charge is -1.95. The highest BCUT2D eigenvalue weighted by Gasteiger charge is 2.20. The fourth-order valence-electron chi connectivity index (χ4n) is 1.86. The van der Waals surface area contributed by atoms with Crippen LogP contribution in [0.25, 0.3) is 10.9 Å². The van der Waals surface area contributed by atoms with E-state index in [0.29, 0.717) is 15.8 Å². The average Bonchev–Trinajstić information content (AvgIpc) is 3.14. The summed E-state index contributed by atoms with van der Waals surface area (Å²) < 4.78 is 5.09. The predicted octanol–water partition coefficient (Wildman–Crippen LogP) is 2.86. The molecule has 5 nitrogen and oxygen atoms in total. The van der Waals surface area contributed by atoms with Crippen molar-refractivity contribution in [3.05, 3.63) is 51.4 Å². The van der Waals surface area contributed by atoms with Crippen molar-refractivity contribution in [3.63, 3.8) is 0 Å². The lowest BCUT2D eigenvalue weighted by molar-refractivity contribution is 0.101. The first-order valence-corrected chi connectivity index (χ1v) is 6.44. The van der Waals surface area contributed by atoms with Crippen LogP contribution in [-0.4, -0.2) is 10.9 Å². The van der Waals surface area contributed by atoms with E-state index in [1.807, 2.05) is 12.1 Å². The molecule has 2 heterocycles. The monoisotopic (exact) mass is 279 g/mol. The Labute approximate surface area is 117 Å². The number of rotatable bonds is 2. The summed E-state index contributed by atoms with van der Waals surface area (Å²) in [6.45, 7) is 0. The maximum Gasteiger partial charge on any atom is 0.241 e. The predicted molar refractivity (Wildman–Crippen MR) is 71.2 cm³/mol. The number of hydrogen-bond acceptors (Lipinski definition) is 6. The molecule has 0 saturated heterocycles. The number of nitriles is 2. The molecule has 0 aliphatic rings. The normalized spacial score (nSPS) is 10.1. The maximum atomic E-state index is 12.3. The van der Waals surface area contributed by atoms with Gasteiger partial charge in [0.05, 0.1) is 21.4 Å². The highest BCUT2D eigenvalue weighted by molar-refractivity contribution is 7.12. The second-order valence-electron chi connectivity index (χ2n) is 3.96. The molecule has 2 aromatic heterocycles. The number of carbonyl (C=O) groups is 1. The first-order chi connectivity index (χ1) is 9.74. The Hall–Kier alpha value is -2.96. The minimum absolute atomic E-state index is 0.0865. The minimum atomic E-state index is -0.281. The van der Waals surface area contributed by atoms with E-state index < -0.39 is 0 Å². The van der Waals surface area contributed by atoms with Gasteiger partial charge in [-0.2, -0.15) is 10.5 Å². The molecule has 94 valence electrons. The molecular formula is C14H5N3O2S. The zero-order valence-corrected chi connectivity index (χ0v) is 10.8. The Kier molecular flexibility index (Phi) is 2.79. The summed E-state index contributed by atoms with van der Waals surface area (Å²) in [5.74, 6) is -0.195. The van der Waals surface area contributed by atoms with E-state index in [1.54, 1.807) is 17.5 Å². The van der Waals surface area contributed by atoms with Gasteiger partial charge in [-0.1, -0.05) is 11.2 Å². The van der Waals surface area contributed by atoms with Gasteiger partial charge in [-0.15, -0.1) is 11.3 Å². The third-order valence-corrected chi connectivity index (χ3v) is 3.68. The minimum Gasteiger partial charge on any atom is -0.351 e. The van der Waals surface area contributed by atoms with E-state index >= 15 is 0 Å². The summed E-state index contributed by atoms with van der Waals surface area (Å²) in [6.07, 6.45) is 0. The van der Waals surface area contributed by atoms with Crippen LogP contribution >= 0.6 is 11.3 Å². The molecule has 0 spiro atoms. The Morgan fingerprint density at radius 3 is 2.65 bits per heavy atom. The Morgan fingerprint density at radius 1 is 1.25 bits per heavy atom. The first kappa shape index (κ1) is 12.1. The molecule has 0 atom stereocenters. The molecule has 0 saturated carbocycles. The van der Waals surface area contributed by atoms with E-state index in [9.17, 15) is 4.79 Å². The zero-order valence-electron chi connectivity index (χ0n) is 9.95. The van der Waals surface area contributed by atoms with Crippen molar-refractivity contribution in [2.75, 3.05) is 0 Å². The number of hydrogen-bond donors (Lipinski definition) is 0. The highest BCUT2D eigenvalue weighted by atomic mass is 32.1. The number of nitrogens with zero attached hydrogens (tertiary/aromatic N) is 3. The van der Waals surface area contributed by atoms with Gasteiger partial charge in [0, 0.05) is 0 Å². The van der Waals surface area contributed by atoms with Gasteiger partial charge in [0.1, 0.15) is 17.7 Å². The molecule has 20 heavy (non-hydrogen) atoms. The third-order valence-electron chi connectivity index (χ3n) is 2.81. The molecule has 3 aromatic rings. The highest BCUT2D eigenvalue weighted by Crippen LogP contribution is 2.25. The van der Waals surface area contributed by atoms with Crippen molar-refractivity contribution in [3.8, 4) is 12.1 Å². The largest absolute Gasteiger partial charge is 0.351 e. The SMILES string of the molecule is N#Cc1cc2noc(C(=O)c3cccs3)c2cc1C#N. The molecule has 0 aliphatic carbocycles. The Balaban J connectivity index is 2.22. The number of fused-ring (bicyclic) bond motifs is 1. The molecular weight excluding hydrogens is 274 g/mol. The molecule has 3 rings (SSSR count). The summed E-state index contributed by atoms with van der Waals surface area (Å²) in [5.41, 5.74) is 0.798. The third kappa shape index (κ3) is 1.76. The second kappa shape index (κ2) is 4.61. The molecule has 0 N–H and O–H groups in total. The first-order valence-electron chi connectivity index (χ1n) is 5.56. The number of ketones is 1. The van der Waals surface area contributed by atoms with Gasteiger partial charge >= 0.3 is 0 Å². The van der Waals surface area contributed by atoms with E-state index in [2.05, 4.69) is 5.16 Å². The van der Waals surface area contributed by atoms with Gasteiger partial charge < -0.3 is 4.52 Å². The fraction of sp³-hybridized carbons (Fsp3) is 0. The summed E-state index contributed by atoms with van der Waals surface area (Å²) in [6, 6.07) is 10.2. The van der Waals surface area contributed by atoms with Gasteiger partial charge in [-0.25, -0.2) is 0 Å². The molecule has 1 aromatic carbocycles. The van der Waals surface area contributed by atoms with Crippen molar-refractivity contribution >= 4 is 28.0 Å². The second-order valence-corrected chi connectivity index (χ2v) is 4.90. The molecule has 0 fully saturated rings. The zero-order chi connectivity index (χ0) is 14.1. The number of aromatic nitrogens is 1. The van der Waals surface area contributed by atoms with Crippen molar-refractivity contribution in [2.24, 2.45) is 0 Å². The van der Waals surface area contributed by atoms with Gasteiger partial charge in [0.2, 0.25) is 11.5 Å². The van der Waals surface area contributed by atoms with E-state index in [0.717, 1.165) is 0 Å². The van der Waals surface area contributed by atoms with Crippen molar-refractivity contribution in [1.82, 2.24) is 5.16 Å².